The van der Waals surface area contributed by atoms with Crippen LogP contribution in [0.5, 0.6) is 5.75 Å². The van der Waals surface area contributed by atoms with Crippen LogP contribution in [0.4, 0.5) is 0 Å². The van der Waals surface area contributed by atoms with Gasteiger partial charge in [-0.05, 0) is 50.6 Å². The van der Waals surface area contributed by atoms with Gasteiger partial charge in [0.15, 0.2) is 5.78 Å². The Labute approximate surface area is 144 Å². The first-order valence-electron chi connectivity index (χ1n) is 8.85. The molecule has 0 unspecified atom stereocenters. The average Bonchev–Trinajstić information content (AvgIpc) is 2.64. The van der Waals surface area contributed by atoms with Crippen molar-refractivity contribution in [1.29, 1.82) is 0 Å². The molecule has 2 rings (SSSR count). The Balaban J connectivity index is 1.77. The van der Waals surface area contributed by atoms with Gasteiger partial charge in [0.25, 0.3) is 0 Å². The van der Waals surface area contributed by atoms with Gasteiger partial charge in [-0.3, -0.25) is 9.59 Å². The molecule has 1 saturated heterocycles. The van der Waals surface area contributed by atoms with Crippen LogP contribution in [0.15, 0.2) is 24.3 Å². The lowest BCUT2D eigenvalue weighted by Crippen LogP contribution is -2.44. The predicted molar refractivity (Wildman–Crippen MR) is 94.5 cm³/mol. The fraction of sp³-hybridized carbons (Fsp3) is 0.579. The number of carbonyl (C=O) groups is 2. The highest BCUT2D eigenvalue weighted by atomic mass is 16.5. The maximum atomic E-state index is 12.2. The summed E-state index contributed by atoms with van der Waals surface area (Å²) in [6.07, 6.45) is 3.47. The van der Waals surface area contributed by atoms with Crippen LogP contribution in [0.25, 0.3) is 0 Å². The fourth-order valence-electron chi connectivity index (χ4n) is 2.90. The molecule has 132 valence electrons. The van der Waals surface area contributed by atoms with Gasteiger partial charge < -0.3 is 15.0 Å². The smallest absolute Gasteiger partial charge is 0.223 e. The van der Waals surface area contributed by atoms with Crippen LogP contribution in [0.2, 0.25) is 0 Å². The van der Waals surface area contributed by atoms with E-state index in [1.54, 1.807) is 12.1 Å². The summed E-state index contributed by atoms with van der Waals surface area (Å²) in [5, 5.41) is 3.25. The largest absolute Gasteiger partial charge is 0.494 e. The molecule has 5 heteroatoms. The molecule has 0 radical (unpaired) electrons. The van der Waals surface area contributed by atoms with Crippen molar-refractivity contribution in [1.82, 2.24) is 10.2 Å². The van der Waals surface area contributed by atoms with Gasteiger partial charge >= 0.3 is 0 Å². The summed E-state index contributed by atoms with van der Waals surface area (Å²) in [6.45, 7) is 4.28. The molecule has 0 aromatic heterocycles. The number of amides is 1. The van der Waals surface area contributed by atoms with Gasteiger partial charge in [-0.15, -0.1) is 0 Å². The van der Waals surface area contributed by atoms with Crippen molar-refractivity contribution >= 4 is 11.7 Å². The van der Waals surface area contributed by atoms with E-state index in [4.69, 9.17) is 4.74 Å². The van der Waals surface area contributed by atoms with E-state index in [1.807, 2.05) is 24.1 Å². The molecule has 1 amide bonds. The summed E-state index contributed by atoms with van der Waals surface area (Å²) < 4.78 is 5.51. The zero-order valence-corrected chi connectivity index (χ0v) is 14.7. The number of ketones is 1. The maximum Gasteiger partial charge on any atom is 0.223 e. The van der Waals surface area contributed by atoms with E-state index >= 15 is 0 Å². The maximum absolute atomic E-state index is 12.2. The van der Waals surface area contributed by atoms with E-state index in [2.05, 4.69) is 12.2 Å². The number of hydrogen-bond donors (Lipinski definition) is 1. The van der Waals surface area contributed by atoms with Crippen LogP contribution in [0.3, 0.4) is 0 Å². The van der Waals surface area contributed by atoms with Crippen LogP contribution in [-0.4, -0.2) is 49.4 Å². The molecule has 1 heterocycles. The van der Waals surface area contributed by atoms with Crippen LogP contribution in [0, 0.1) is 0 Å². The summed E-state index contributed by atoms with van der Waals surface area (Å²) in [7, 11) is 1.96. The van der Waals surface area contributed by atoms with Gasteiger partial charge in [0.2, 0.25) is 5.91 Å². The Morgan fingerprint density at radius 2 is 1.83 bits per heavy atom. The van der Waals surface area contributed by atoms with Crippen molar-refractivity contribution < 1.29 is 14.3 Å². The summed E-state index contributed by atoms with van der Waals surface area (Å²) >= 11 is 0. The average molecular weight is 332 g/mol. The summed E-state index contributed by atoms with van der Waals surface area (Å²) in [6, 6.07) is 7.68. The number of nitrogens with one attached hydrogen (secondary N) is 1. The number of piperidine rings is 1. The number of hydrogen-bond acceptors (Lipinski definition) is 4. The molecule has 0 atom stereocenters. The molecule has 24 heavy (non-hydrogen) atoms. The van der Waals surface area contributed by atoms with Crippen LogP contribution >= 0.6 is 0 Å². The van der Waals surface area contributed by atoms with Crippen molar-refractivity contribution in [2.24, 2.45) is 0 Å². The number of benzene rings is 1. The number of nitrogens with zero attached hydrogens (tertiary/aromatic N) is 1. The number of likely N-dealkylation sites (tertiary alicyclic amines) is 1. The van der Waals surface area contributed by atoms with Gasteiger partial charge in [-0.25, -0.2) is 0 Å². The standard InChI is InChI=1S/C19H28N2O3/c1-3-14-24-17-6-4-15(5-7-17)18(22)8-9-19(23)21-12-10-16(20-2)11-13-21/h4-7,16,20H,3,8-14H2,1-2H3. The zero-order chi connectivity index (χ0) is 17.4. The van der Waals surface area contributed by atoms with E-state index in [0.29, 0.717) is 18.2 Å². The first-order valence-corrected chi connectivity index (χ1v) is 8.85. The van der Waals surface area contributed by atoms with E-state index in [0.717, 1.165) is 38.1 Å². The molecule has 0 spiro atoms. The lowest BCUT2D eigenvalue weighted by molar-refractivity contribution is -0.132. The van der Waals surface area contributed by atoms with Crippen LogP contribution in [-0.2, 0) is 4.79 Å². The Bertz CT molecular complexity index is 534. The molecular weight excluding hydrogens is 304 g/mol. The van der Waals surface area contributed by atoms with Crippen LogP contribution < -0.4 is 10.1 Å². The van der Waals surface area contributed by atoms with E-state index < -0.39 is 0 Å². The number of ether oxygens (including phenoxy) is 1. The molecule has 1 aromatic carbocycles. The summed E-state index contributed by atoms with van der Waals surface area (Å²) in [5.74, 6) is 0.869. The molecule has 1 aliphatic heterocycles. The zero-order valence-electron chi connectivity index (χ0n) is 14.7. The van der Waals surface area contributed by atoms with Gasteiger partial charge in [-0.1, -0.05) is 6.92 Å². The van der Waals surface area contributed by atoms with Crippen molar-refractivity contribution in [2.75, 3.05) is 26.7 Å². The molecule has 1 N–H and O–H groups in total. The number of rotatable bonds is 8. The molecule has 5 nitrogen and oxygen atoms in total. The van der Waals surface area contributed by atoms with Gasteiger partial charge in [0.05, 0.1) is 6.61 Å². The topological polar surface area (TPSA) is 58.6 Å². The molecular formula is C19H28N2O3. The predicted octanol–water partition coefficient (Wildman–Crippen LogP) is 2.65. The third-order valence-corrected chi connectivity index (χ3v) is 4.47. The van der Waals surface area contributed by atoms with Crippen molar-refractivity contribution in [3.63, 3.8) is 0 Å². The second-order valence-electron chi connectivity index (χ2n) is 6.24. The Morgan fingerprint density at radius 1 is 1.17 bits per heavy atom. The van der Waals surface area contributed by atoms with Crippen LogP contribution in [0.1, 0.15) is 49.4 Å². The second kappa shape index (κ2) is 9.42. The summed E-state index contributed by atoms with van der Waals surface area (Å²) in [5.41, 5.74) is 0.639. The minimum absolute atomic E-state index is 0.00972. The van der Waals surface area contributed by atoms with Gasteiger partial charge in [-0.2, -0.15) is 0 Å². The van der Waals surface area contributed by atoms with E-state index in [9.17, 15) is 9.59 Å². The summed E-state index contributed by atoms with van der Waals surface area (Å²) in [4.78, 5) is 26.3. The highest BCUT2D eigenvalue weighted by Crippen LogP contribution is 2.16. The van der Waals surface area contributed by atoms with Crippen molar-refractivity contribution in [3.05, 3.63) is 29.8 Å². The second-order valence-corrected chi connectivity index (χ2v) is 6.24. The first-order chi connectivity index (χ1) is 11.6. The Morgan fingerprint density at radius 3 is 2.42 bits per heavy atom. The monoisotopic (exact) mass is 332 g/mol. The Hall–Kier alpha value is -1.88. The lowest BCUT2D eigenvalue weighted by atomic mass is 10.0. The molecule has 0 bridgehead atoms. The van der Waals surface area contributed by atoms with Crippen molar-refractivity contribution in [3.8, 4) is 5.75 Å². The molecule has 1 aromatic rings. The molecule has 1 fully saturated rings. The van der Waals surface area contributed by atoms with E-state index in [1.165, 1.54) is 0 Å². The third kappa shape index (κ3) is 5.34. The normalized spacial score (nSPS) is 15.3. The Kier molecular flexibility index (Phi) is 7.25. The third-order valence-electron chi connectivity index (χ3n) is 4.47. The highest BCUT2D eigenvalue weighted by Gasteiger charge is 2.22. The fourth-order valence-corrected chi connectivity index (χ4v) is 2.90. The first kappa shape index (κ1) is 18.5. The molecule has 0 aliphatic carbocycles. The molecule has 1 aliphatic rings. The van der Waals surface area contributed by atoms with Gasteiger partial charge in [0.1, 0.15) is 5.75 Å². The number of carbonyl (C=O) groups excluding carboxylic acids is 2. The van der Waals surface area contributed by atoms with Crippen molar-refractivity contribution in [2.45, 2.75) is 45.1 Å². The van der Waals surface area contributed by atoms with Gasteiger partial charge in [0, 0.05) is 37.5 Å². The lowest BCUT2D eigenvalue weighted by Gasteiger charge is -2.31. The quantitative estimate of drug-likeness (QED) is 0.744. The highest BCUT2D eigenvalue weighted by molar-refractivity contribution is 5.98. The van der Waals surface area contributed by atoms with E-state index in [-0.39, 0.29) is 24.5 Å². The minimum atomic E-state index is 0.00972. The SMILES string of the molecule is CCCOc1ccc(C(=O)CCC(=O)N2CCC(NC)CC2)cc1. The number of Topliss-reactive ketones (excluding diaryl/α,β-unsaturated/α-hetero) is 1. The molecule has 0 saturated carbocycles. The minimum Gasteiger partial charge on any atom is -0.494 e.